The molecule has 1 aromatic carbocycles. The minimum atomic E-state index is -0.145. The van der Waals surface area contributed by atoms with Crippen molar-refractivity contribution in [1.29, 1.82) is 0 Å². The summed E-state index contributed by atoms with van der Waals surface area (Å²) in [5.41, 5.74) is 4.78. The second-order valence-electron chi connectivity index (χ2n) is 7.87. The number of aromatic amines is 1. The fourth-order valence-corrected chi connectivity index (χ4v) is 5.56. The van der Waals surface area contributed by atoms with Crippen molar-refractivity contribution in [1.82, 2.24) is 34.6 Å². The number of thioether (sulfide) groups is 1. The Morgan fingerprint density at radius 2 is 1.88 bits per heavy atom. The Balaban J connectivity index is 1.44. The summed E-state index contributed by atoms with van der Waals surface area (Å²) in [6.45, 7) is 7.90. The first-order valence-electron chi connectivity index (χ1n) is 10.3. The number of nitrogen functional groups attached to an aromatic ring is 1. The molecular weight excluding hydrogens is 456 g/mol. The van der Waals surface area contributed by atoms with E-state index in [-0.39, 0.29) is 5.56 Å². The van der Waals surface area contributed by atoms with Gasteiger partial charge in [0.1, 0.15) is 10.7 Å². The maximum absolute atomic E-state index is 13.0. The van der Waals surface area contributed by atoms with Crippen LogP contribution in [0.2, 0.25) is 0 Å². The number of fused-ring (bicyclic) bond motifs is 1. The standard InChI is InChI=1S/C22H22N8OS2/c1-11-5-7-15(8-6-11)17-14(4)33-20-18(17)19(31)24-16(25-20)10-32-22-27-26-21(29(22)23)30-13(3)9-12(2)28-30/h5-9H,10,23H2,1-4H3,(H,24,25,31). The topological polar surface area (TPSA) is 120 Å². The van der Waals surface area contributed by atoms with E-state index in [1.165, 1.54) is 33.3 Å². The molecule has 5 rings (SSSR count). The fourth-order valence-electron chi connectivity index (χ4n) is 3.78. The molecule has 0 atom stereocenters. The molecule has 5 aromatic rings. The highest BCUT2D eigenvalue weighted by Crippen LogP contribution is 2.35. The number of H-pyrrole nitrogens is 1. The molecule has 0 unspecified atom stereocenters. The van der Waals surface area contributed by atoms with Crippen LogP contribution in [0.4, 0.5) is 0 Å². The highest BCUT2D eigenvalue weighted by atomic mass is 32.2. The van der Waals surface area contributed by atoms with Crippen molar-refractivity contribution in [3.63, 3.8) is 0 Å². The molecule has 33 heavy (non-hydrogen) atoms. The van der Waals surface area contributed by atoms with Gasteiger partial charge >= 0.3 is 0 Å². The van der Waals surface area contributed by atoms with Gasteiger partial charge in [-0.1, -0.05) is 41.6 Å². The van der Waals surface area contributed by atoms with E-state index in [4.69, 9.17) is 10.8 Å². The average Bonchev–Trinajstić information content (AvgIpc) is 3.41. The van der Waals surface area contributed by atoms with Crippen LogP contribution in [0.25, 0.3) is 27.3 Å². The third-order valence-electron chi connectivity index (χ3n) is 5.31. The summed E-state index contributed by atoms with van der Waals surface area (Å²) in [7, 11) is 0. The van der Waals surface area contributed by atoms with Crippen LogP contribution in [0.3, 0.4) is 0 Å². The molecule has 0 saturated carbocycles. The smallest absolute Gasteiger partial charge is 0.271 e. The lowest BCUT2D eigenvalue weighted by Gasteiger charge is -2.05. The van der Waals surface area contributed by atoms with E-state index in [1.54, 1.807) is 4.68 Å². The molecule has 0 aliphatic carbocycles. The van der Waals surface area contributed by atoms with Crippen molar-refractivity contribution in [2.24, 2.45) is 0 Å². The van der Waals surface area contributed by atoms with Gasteiger partial charge in [-0.2, -0.15) is 5.10 Å². The number of aryl methyl sites for hydroxylation is 4. The Labute approximate surface area is 197 Å². The molecule has 168 valence electrons. The monoisotopic (exact) mass is 478 g/mol. The van der Waals surface area contributed by atoms with Crippen LogP contribution in [-0.4, -0.2) is 34.6 Å². The number of nitrogens with one attached hydrogen (secondary N) is 1. The lowest BCUT2D eigenvalue weighted by molar-refractivity contribution is 0.727. The summed E-state index contributed by atoms with van der Waals surface area (Å²) < 4.78 is 3.05. The molecule has 0 radical (unpaired) electrons. The van der Waals surface area contributed by atoms with Gasteiger partial charge in [0, 0.05) is 16.1 Å². The summed E-state index contributed by atoms with van der Waals surface area (Å²) in [4.78, 5) is 22.4. The van der Waals surface area contributed by atoms with E-state index in [2.05, 4.69) is 20.3 Å². The van der Waals surface area contributed by atoms with Gasteiger partial charge in [-0.3, -0.25) is 4.79 Å². The van der Waals surface area contributed by atoms with Crippen molar-refractivity contribution >= 4 is 33.3 Å². The minimum Gasteiger partial charge on any atom is -0.334 e. The number of hydrogen-bond donors (Lipinski definition) is 2. The summed E-state index contributed by atoms with van der Waals surface area (Å²) in [6, 6.07) is 10.1. The molecule has 4 heterocycles. The Kier molecular flexibility index (Phi) is 5.29. The SMILES string of the molecule is Cc1ccc(-c2c(C)sc3nc(CSc4nnc(-n5nc(C)cc5C)n4N)[nH]c(=O)c23)cc1. The summed E-state index contributed by atoms with van der Waals surface area (Å²) >= 11 is 2.88. The van der Waals surface area contributed by atoms with Crippen molar-refractivity contribution in [3.05, 3.63) is 68.3 Å². The van der Waals surface area contributed by atoms with E-state index >= 15 is 0 Å². The van der Waals surface area contributed by atoms with Crippen molar-refractivity contribution in [2.75, 3.05) is 5.84 Å². The van der Waals surface area contributed by atoms with E-state index in [0.29, 0.717) is 28.1 Å². The van der Waals surface area contributed by atoms with E-state index in [1.807, 2.05) is 58.0 Å². The van der Waals surface area contributed by atoms with Crippen molar-refractivity contribution < 1.29 is 0 Å². The Hall–Kier alpha value is -3.44. The van der Waals surface area contributed by atoms with Crippen molar-refractivity contribution in [2.45, 2.75) is 38.6 Å². The molecule has 0 aliphatic heterocycles. The quantitative estimate of drug-likeness (QED) is 0.292. The van der Waals surface area contributed by atoms with Crippen LogP contribution in [0.1, 0.15) is 27.7 Å². The fraction of sp³-hybridized carbons (Fsp3) is 0.227. The van der Waals surface area contributed by atoms with Crippen LogP contribution < -0.4 is 11.4 Å². The van der Waals surface area contributed by atoms with Crippen LogP contribution in [0.5, 0.6) is 0 Å². The largest absolute Gasteiger partial charge is 0.334 e. The zero-order valence-corrected chi connectivity index (χ0v) is 20.2. The predicted molar refractivity (Wildman–Crippen MR) is 131 cm³/mol. The summed E-state index contributed by atoms with van der Waals surface area (Å²) in [6.07, 6.45) is 0. The molecule has 3 N–H and O–H groups in total. The number of nitrogens with two attached hydrogens (primary N) is 1. The maximum Gasteiger partial charge on any atom is 0.271 e. The Morgan fingerprint density at radius 1 is 1.12 bits per heavy atom. The van der Waals surface area contributed by atoms with E-state index < -0.39 is 0 Å². The average molecular weight is 479 g/mol. The first-order chi connectivity index (χ1) is 15.8. The molecule has 11 heteroatoms. The van der Waals surface area contributed by atoms with Crippen molar-refractivity contribution in [3.8, 4) is 17.1 Å². The zero-order chi connectivity index (χ0) is 23.3. The van der Waals surface area contributed by atoms with Crippen LogP contribution >= 0.6 is 23.1 Å². The van der Waals surface area contributed by atoms with Crippen LogP contribution in [0.15, 0.2) is 40.3 Å². The molecule has 0 bridgehead atoms. The van der Waals surface area contributed by atoms with E-state index in [9.17, 15) is 4.79 Å². The normalized spacial score (nSPS) is 11.5. The second kappa shape index (κ2) is 8.16. The third-order valence-corrected chi connectivity index (χ3v) is 7.26. The van der Waals surface area contributed by atoms with Gasteiger partial charge in [0.25, 0.3) is 11.5 Å². The highest BCUT2D eigenvalue weighted by molar-refractivity contribution is 7.98. The summed E-state index contributed by atoms with van der Waals surface area (Å²) in [5, 5.41) is 13.9. The lowest BCUT2D eigenvalue weighted by atomic mass is 10.0. The van der Waals surface area contributed by atoms with E-state index in [0.717, 1.165) is 32.2 Å². The third kappa shape index (κ3) is 3.83. The minimum absolute atomic E-state index is 0.145. The predicted octanol–water partition coefficient (Wildman–Crippen LogP) is 3.67. The highest BCUT2D eigenvalue weighted by Gasteiger charge is 2.18. The molecule has 0 fully saturated rings. The molecular formula is C22H22N8OS2. The van der Waals surface area contributed by atoms with Gasteiger partial charge in [-0.25, -0.2) is 14.3 Å². The molecule has 0 spiro atoms. The Bertz CT molecular complexity index is 1540. The number of nitrogens with zero attached hydrogens (tertiary/aromatic N) is 6. The van der Waals surface area contributed by atoms with Gasteiger partial charge in [0.2, 0.25) is 5.16 Å². The summed E-state index contributed by atoms with van der Waals surface area (Å²) in [5.74, 6) is 7.60. The molecule has 9 nitrogen and oxygen atoms in total. The number of thiophene rings is 1. The number of rotatable bonds is 5. The van der Waals surface area contributed by atoms with Gasteiger partial charge in [0.05, 0.1) is 16.8 Å². The first-order valence-corrected chi connectivity index (χ1v) is 12.1. The number of aromatic nitrogens is 7. The maximum atomic E-state index is 13.0. The van der Waals surface area contributed by atoms with Gasteiger partial charge in [0.15, 0.2) is 0 Å². The van der Waals surface area contributed by atoms with Gasteiger partial charge < -0.3 is 10.8 Å². The van der Waals surface area contributed by atoms with Crippen LogP contribution in [0, 0.1) is 27.7 Å². The first kappa shape index (κ1) is 21.4. The molecule has 0 amide bonds. The molecule has 4 aromatic heterocycles. The van der Waals surface area contributed by atoms with Crippen LogP contribution in [-0.2, 0) is 5.75 Å². The zero-order valence-electron chi connectivity index (χ0n) is 18.6. The number of benzene rings is 1. The molecule has 0 aliphatic rings. The van der Waals surface area contributed by atoms with Gasteiger partial charge in [-0.15, -0.1) is 21.5 Å². The Morgan fingerprint density at radius 3 is 2.58 bits per heavy atom. The lowest BCUT2D eigenvalue weighted by Crippen LogP contribution is -2.17. The molecule has 0 saturated heterocycles. The van der Waals surface area contributed by atoms with Gasteiger partial charge in [-0.05, 0) is 39.3 Å². The second-order valence-corrected chi connectivity index (χ2v) is 10.0. The number of hydrogen-bond acceptors (Lipinski definition) is 8.